The zero-order valence-electron chi connectivity index (χ0n) is 9.59. The smallest absolute Gasteiger partial charge is 0.139 e. The summed E-state index contributed by atoms with van der Waals surface area (Å²) in [6.07, 6.45) is 4.97. The summed E-state index contributed by atoms with van der Waals surface area (Å²) in [6, 6.07) is 2.75. The number of methoxy groups -OCH3 is 1. The Morgan fingerprint density at radius 2 is 2.25 bits per heavy atom. The van der Waals surface area contributed by atoms with Gasteiger partial charge in [-0.3, -0.25) is 9.88 Å². The first-order chi connectivity index (χ1) is 7.86. The Balaban J connectivity index is 1.85. The van der Waals surface area contributed by atoms with Crippen LogP contribution >= 0.6 is 0 Å². The van der Waals surface area contributed by atoms with Crippen molar-refractivity contribution in [3.8, 4) is 5.75 Å². The second-order valence-corrected chi connectivity index (χ2v) is 4.52. The number of fused-ring (bicyclic) bond motifs is 2. The molecule has 4 heteroatoms. The zero-order valence-corrected chi connectivity index (χ0v) is 9.59. The maximum absolute atomic E-state index is 5.23. The van der Waals surface area contributed by atoms with Gasteiger partial charge < -0.3 is 9.64 Å². The van der Waals surface area contributed by atoms with E-state index in [1.54, 1.807) is 13.3 Å². The lowest BCUT2D eigenvalue weighted by Crippen LogP contribution is -2.46. The van der Waals surface area contributed by atoms with E-state index in [-0.39, 0.29) is 0 Å². The first-order valence-electron chi connectivity index (χ1n) is 5.85. The molecule has 0 amide bonds. The summed E-state index contributed by atoms with van der Waals surface area (Å²) >= 11 is 0. The number of piperazine rings is 1. The molecule has 0 radical (unpaired) electrons. The highest BCUT2D eigenvalue weighted by atomic mass is 16.5. The molecular formula is C12H17N3O. The predicted octanol–water partition coefficient (Wildman–Crippen LogP) is 0.984. The van der Waals surface area contributed by atoms with Crippen LogP contribution in [0, 0.1) is 0 Å². The molecule has 86 valence electrons. The van der Waals surface area contributed by atoms with Crippen LogP contribution in [0.15, 0.2) is 18.5 Å². The van der Waals surface area contributed by atoms with Crippen molar-refractivity contribution >= 4 is 5.69 Å². The molecule has 0 aliphatic carbocycles. The zero-order chi connectivity index (χ0) is 11.0. The van der Waals surface area contributed by atoms with E-state index < -0.39 is 0 Å². The molecule has 0 aromatic carbocycles. The average Bonchev–Trinajstić information content (AvgIpc) is 2.71. The van der Waals surface area contributed by atoms with E-state index in [2.05, 4.69) is 20.9 Å². The monoisotopic (exact) mass is 219 g/mol. The van der Waals surface area contributed by atoms with Crippen molar-refractivity contribution in [1.82, 2.24) is 9.88 Å². The van der Waals surface area contributed by atoms with Crippen LogP contribution in [-0.4, -0.2) is 49.2 Å². The topological polar surface area (TPSA) is 28.6 Å². The summed E-state index contributed by atoms with van der Waals surface area (Å²) in [5, 5.41) is 0. The molecule has 1 aromatic rings. The molecule has 1 aromatic heterocycles. The fourth-order valence-electron chi connectivity index (χ4n) is 2.72. The van der Waals surface area contributed by atoms with Crippen LogP contribution in [0.2, 0.25) is 0 Å². The quantitative estimate of drug-likeness (QED) is 0.741. The van der Waals surface area contributed by atoms with E-state index in [1.807, 2.05) is 6.20 Å². The molecule has 2 atom stereocenters. The Kier molecular flexibility index (Phi) is 2.44. The Labute approximate surface area is 95.8 Å². The van der Waals surface area contributed by atoms with E-state index in [4.69, 9.17) is 4.74 Å². The van der Waals surface area contributed by atoms with Crippen molar-refractivity contribution < 1.29 is 4.74 Å². The van der Waals surface area contributed by atoms with Crippen LogP contribution in [0.25, 0.3) is 0 Å². The number of nitrogens with zero attached hydrogens (tertiary/aromatic N) is 3. The Bertz CT molecular complexity index is 382. The molecule has 2 unspecified atom stereocenters. The summed E-state index contributed by atoms with van der Waals surface area (Å²) in [5.74, 6) is 0.845. The van der Waals surface area contributed by atoms with Crippen molar-refractivity contribution in [3.63, 3.8) is 0 Å². The van der Waals surface area contributed by atoms with E-state index in [1.165, 1.54) is 31.7 Å². The van der Waals surface area contributed by atoms with E-state index in [9.17, 15) is 0 Å². The third-order valence-electron chi connectivity index (χ3n) is 3.61. The highest BCUT2D eigenvalue weighted by Gasteiger charge is 2.32. The molecule has 2 aliphatic rings. The summed E-state index contributed by atoms with van der Waals surface area (Å²) in [6.45, 7) is 4.74. The van der Waals surface area contributed by atoms with Crippen LogP contribution in [0.3, 0.4) is 0 Å². The van der Waals surface area contributed by atoms with Gasteiger partial charge in [0.25, 0.3) is 0 Å². The maximum atomic E-state index is 5.23. The average molecular weight is 219 g/mol. The second-order valence-electron chi connectivity index (χ2n) is 4.52. The lowest BCUT2D eigenvalue weighted by molar-refractivity contribution is 0.310. The van der Waals surface area contributed by atoms with Gasteiger partial charge in [0, 0.05) is 38.3 Å². The number of anilines is 1. The van der Waals surface area contributed by atoms with Crippen molar-refractivity contribution in [2.75, 3.05) is 38.2 Å². The van der Waals surface area contributed by atoms with Crippen molar-refractivity contribution in [2.24, 2.45) is 0 Å². The summed E-state index contributed by atoms with van der Waals surface area (Å²) in [4.78, 5) is 9.24. The second kappa shape index (κ2) is 3.94. The van der Waals surface area contributed by atoms with E-state index in [0.29, 0.717) is 6.04 Å². The SMILES string of the molecule is COc1cncc(N2CCN3CCC2C3)c1. The lowest BCUT2D eigenvalue weighted by atomic mass is 10.2. The van der Waals surface area contributed by atoms with Gasteiger partial charge in [0.15, 0.2) is 0 Å². The number of hydrogen-bond acceptors (Lipinski definition) is 4. The first-order valence-corrected chi connectivity index (χ1v) is 5.85. The number of rotatable bonds is 2. The van der Waals surface area contributed by atoms with Gasteiger partial charge in [-0.05, 0) is 6.42 Å². The summed E-state index contributed by atoms with van der Waals surface area (Å²) in [5.41, 5.74) is 1.20. The van der Waals surface area contributed by atoms with Gasteiger partial charge >= 0.3 is 0 Å². The fraction of sp³-hybridized carbons (Fsp3) is 0.583. The van der Waals surface area contributed by atoms with Crippen LogP contribution in [0.5, 0.6) is 5.75 Å². The standard InChI is InChI=1S/C12H17N3O/c1-16-12-6-11(7-13-8-12)15-5-4-14-3-2-10(15)9-14/h6-8,10H,2-5,9H2,1H3. The van der Waals surface area contributed by atoms with Crippen LogP contribution in [-0.2, 0) is 0 Å². The predicted molar refractivity (Wildman–Crippen MR) is 63.0 cm³/mol. The van der Waals surface area contributed by atoms with Crippen LogP contribution in [0.1, 0.15) is 6.42 Å². The molecule has 2 fully saturated rings. The van der Waals surface area contributed by atoms with Crippen LogP contribution in [0.4, 0.5) is 5.69 Å². The molecule has 16 heavy (non-hydrogen) atoms. The minimum Gasteiger partial charge on any atom is -0.495 e. The molecule has 4 nitrogen and oxygen atoms in total. The van der Waals surface area contributed by atoms with Crippen molar-refractivity contribution in [2.45, 2.75) is 12.5 Å². The molecule has 3 heterocycles. The van der Waals surface area contributed by atoms with Gasteiger partial charge in [0.2, 0.25) is 0 Å². The molecule has 0 N–H and O–H groups in total. The van der Waals surface area contributed by atoms with Gasteiger partial charge in [-0.2, -0.15) is 0 Å². The number of hydrogen-bond donors (Lipinski definition) is 0. The number of ether oxygens (including phenoxy) is 1. The number of pyridine rings is 1. The van der Waals surface area contributed by atoms with Gasteiger partial charge in [-0.15, -0.1) is 0 Å². The highest BCUT2D eigenvalue weighted by Crippen LogP contribution is 2.28. The normalized spacial score (nSPS) is 28.2. The van der Waals surface area contributed by atoms with E-state index >= 15 is 0 Å². The molecule has 2 saturated heterocycles. The third kappa shape index (κ3) is 1.63. The van der Waals surface area contributed by atoms with Crippen molar-refractivity contribution in [1.29, 1.82) is 0 Å². The first kappa shape index (κ1) is 9.90. The van der Waals surface area contributed by atoms with Crippen LogP contribution < -0.4 is 9.64 Å². The molecular weight excluding hydrogens is 202 g/mol. The number of aromatic nitrogens is 1. The van der Waals surface area contributed by atoms with Crippen molar-refractivity contribution in [3.05, 3.63) is 18.5 Å². The molecule has 0 spiro atoms. The fourth-order valence-corrected chi connectivity index (χ4v) is 2.72. The Hall–Kier alpha value is -1.29. The summed E-state index contributed by atoms with van der Waals surface area (Å²) < 4.78 is 5.23. The largest absolute Gasteiger partial charge is 0.495 e. The Morgan fingerprint density at radius 3 is 3.12 bits per heavy atom. The minimum absolute atomic E-state index is 0.669. The molecule has 3 rings (SSSR count). The highest BCUT2D eigenvalue weighted by molar-refractivity contribution is 5.50. The molecule has 0 saturated carbocycles. The Morgan fingerprint density at radius 1 is 1.31 bits per heavy atom. The third-order valence-corrected chi connectivity index (χ3v) is 3.61. The lowest BCUT2D eigenvalue weighted by Gasteiger charge is -2.36. The minimum atomic E-state index is 0.669. The molecule has 2 bridgehead atoms. The van der Waals surface area contributed by atoms with Gasteiger partial charge in [-0.1, -0.05) is 0 Å². The van der Waals surface area contributed by atoms with Gasteiger partial charge in [-0.25, -0.2) is 0 Å². The van der Waals surface area contributed by atoms with Gasteiger partial charge in [0.1, 0.15) is 5.75 Å². The van der Waals surface area contributed by atoms with Gasteiger partial charge in [0.05, 0.1) is 25.2 Å². The molecule has 2 aliphatic heterocycles. The maximum Gasteiger partial charge on any atom is 0.139 e. The van der Waals surface area contributed by atoms with E-state index in [0.717, 1.165) is 12.3 Å². The summed E-state index contributed by atoms with van der Waals surface area (Å²) in [7, 11) is 1.69.